The zero-order valence-electron chi connectivity index (χ0n) is 11.6. The Kier molecular flexibility index (Phi) is 3.70. The Morgan fingerprint density at radius 3 is 2.16 bits per heavy atom. The van der Waals surface area contributed by atoms with Crippen LogP contribution in [0.1, 0.15) is 31.1 Å². The van der Waals surface area contributed by atoms with E-state index < -0.39 is 0 Å². The van der Waals surface area contributed by atoms with Crippen LogP contribution in [0.2, 0.25) is 0 Å². The van der Waals surface area contributed by atoms with Gasteiger partial charge in [0.2, 0.25) is 0 Å². The molecule has 0 spiro atoms. The number of carbonyl (C=O) groups is 1. The average molecular weight is 253 g/mol. The van der Waals surface area contributed by atoms with Gasteiger partial charge in [-0.1, -0.05) is 42.5 Å². The first kappa shape index (κ1) is 13.3. The molecule has 0 atom stereocenters. The largest absolute Gasteiger partial charge is 0.347 e. The lowest BCUT2D eigenvalue weighted by molar-refractivity contribution is 0.0919. The van der Waals surface area contributed by atoms with Gasteiger partial charge in [-0.3, -0.25) is 4.79 Å². The highest BCUT2D eigenvalue weighted by Gasteiger charge is 2.15. The lowest BCUT2D eigenvalue weighted by atomic mass is 10.0. The van der Waals surface area contributed by atoms with Gasteiger partial charge < -0.3 is 5.32 Å². The molecule has 0 aromatic heterocycles. The van der Waals surface area contributed by atoms with Gasteiger partial charge in [0.15, 0.2) is 0 Å². The summed E-state index contributed by atoms with van der Waals surface area (Å²) < 4.78 is 0. The molecular formula is C17H19NO. The molecule has 0 aliphatic rings. The number of amides is 1. The summed E-state index contributed by atoms with van der Waals surface area (Å²) in [5, 5.41) is 2.98. The summed E-state index contributed by atoms with van der Waals surface area (Å²) in [6.45, 7) is 5.93. The Balaban J connectivity index is 2.28. The van der Waals surface area contributed by atoms with E-state index in [1.165, 1.54) is 0 Å². The van der Waals surface area contributed by atoms with Crippen molar-refractivity contribution in [2.24, 2.45) is 0 Å². The maximum atomic E-state index is 12.1. The second-order valence-electron chi connectivity index (χ2n) is 5.65. The van der Waals surface area contributed by atoms with Crippen LogP contribution >= 0.6 is 0 Å². The maximum absolute atomic E-state index is 12.1. The van der Waals surface area contributed by atoms with Crippen molar-refractivity contribution in [3.63, 3.8) is 0 Å². The molecule has 0 bridgehead atoms. The summed E-state index contributed by atoms with van der Waals surface area (Å²) in [7, 11) is 0. The summed E-state index contributed by atoms with van der Waals surface area (Å²) in [6, 6.07) is 17.8. The first-order chi connectivity index (χ1) is 8.96. The molecule has 1 N–H and O–H groups in total. The van der Waals surface area contributed by atoms with Crippen molar-refractivity contribution in [3.05, 3.63) is 60.2 Å². The van der Waals surface area contributed by atoms with Gasteiger partial charge in [-0.25, -0.2) is 0 Å². The normalized spacial score (nSPS) is 11.1. The van der Waals surface area contributed by atoms with Crippen LogP contribution in [-0.4, -0.2) is 11.4 Å². The Morgan fingerprint density at radius 1 is 0.895 bits per heavy atom. The second kappa shape index (κ2) is 5.27. The van der Waals surface area contributed by atoms with Gasteiger partial charge in [0.05, 0.1) is 0 Å². The third-order valence-corrected chi connectivity index (χ3v) is 2.72. The van der Waals surface area contributed by atoms with E-state index in [2.05, 4.69) is 5.32 Å². The van der Waals surface area contributed by atoms with Gasteiger partial charge >= 0.3 is 0 Å². The molecule has 2 heteroatoms. The molecular weight excluding hydrogens is 234 g/mol. The van der Waals surface area contributed by atoms with Crippen molar-refractivity contribution in [2.45, 2.75) is 26.3 Å². The highest BCUT2D eigenvalue weighted by molar-refractivity contribution is 5.95. The molecule has 0 heterocycles. The fourth-order valence-electron chi connectivity index (χ4n) is 1.88. The SMILES string of the molecule is CC(C)(C)NC(=O)c1cccc(-c2ccccc2)c1. The van der Waals surface area contributed by atoms with Crippen LogP contribution in [0.5, 0.6) is 0 Å². The quantitative estimate of drug-likeness (QED) is 0.864. The molecule has 2 nitrogen and oxygen atoms in total. The lowest BCUT2D eigenvalue weighted by Gasteiger charge is -2.20. The average Bonchev–Trinajstić information content (AvgIpc) is 2.38. The van der Waals surface area contributed by atoms with Crippen LogP contribution in [0, 0.1) is 0 Å². The topological polar surface area (TPSA) is 29.1 Å². The van der Waals surface area contributed by atoms with Crippen molar-refractivity contribution in [1.82, 2.24) is 5.32 Å². The van der Waals surface area contributed by atoms with Crippen molar-refractivity contribution in [1.29, 1.82) is 0 Å². The molecule has 0 saturated heterocycles. The molecule has 2 rings (SSSR count). The smallest absolute Gasteiger partial charge is 0.251 e. The Hall–Kier alpha value is -2.09. The fraction of sp³-hybridized carbons (Fsp3) is 0.235. The van der Waals surface area contributed by atoms with E-state index in [0.29, 0.717) is 5.56 Å². The molecule has 0 aliphatic heterocycles. The zero-order valence-corrected chi connectivity index (χ0v) is 11.6. The summed E-state index contributed by atoms with van der Waals surface area (Å²) in [5.74, 6) is -0.0368. The Bertz CT molecular complexity index is 567. The molecule has 0 fully saturated rings. The monoisotopic (exact) mass is 253 g/mol. The first-order valence-corrected chi connectivity index (χ1v) is 6.44. The third-order valence-electron chi connectivity index (χ3n) is 2.72. The predicted octanol–water partition coefficient (Wildman–Crippen LogP) is 3.88. The molecule has 2 aromatic carbocycles. The number of hydrogen-bond acceptors (Lipinski definition) is 1. The highest BCUT2D eigenvalue weighted by atomic mass is 16.1. The molecule has 0 radical (unpaired) electrons. The van der Waals surface area contributed by atoms with Crippen molar-refractivity contribution in [3.8, 4) is 11.1 Å². The molecule has 19 heavy (non-hydrogen) atoms. The Labute approximate surface area is 114 Å². The minimum absolute atomic E-state index is 0.0368. The van der Waals surface area contributed by atoms with Crippen LogP contribution in [-0.2, 0) is 0 Å². The van der Waals surface area contributed by atoms with Crippen LogP contribution in [0.4, 0.5) is 0 Å². The number of benzene rings is 2. The van der Waals surface area contributed by atoms with Gasteiger partial charge in [-0.05, 0) is 44.0 Å². The number of carbonyl (C=O) groups excluding carboxylic acids is 1. The van der Waals surface area contributed by atoms with E-state index in [0.717, 1.165) is 11.1 Å². The van der Waals surface area contributed by atoms with Crippen molar-refractivity contribution < 1.29 is 4.79 Å². The van der Waals surface area contributed by atoms with Gasteiger partial charge in [-0.2, -0.15) is 0 Å². The third kappa shape index (κ3) is 3.68. The molecule has 1 amide bonds. The van der Waals surface area contributed by atoms with Crippen LogP contribution in [0.3, 0.4) is 0 Å². The molecule has 0 aliphatic carbocycles. The second-order valence-corrected chi connectivity index (χ2v) is 5.65. The van der Waals surface area contributed by atoms with E-state index in [4.69, 9.17) is 0 Å². The fourth-order valence-corrected chi connectivity index (χ4v) is 1.88. The van der Waals surface area contributed by atoms with Gasteiger partial charge in [0.25, 0.3) is 5.91 Å². The van der Waals surface area contributed by atoms with Crippen molar-refractivity contribution >= 4 is 5.91 Å². The number of nitrogens with one attached hydrogen (secondary N) is 1. The molecule has 0 unspecified atom stereocenters. The van der Waals surface area contributed by atoms with Crippen molar-refractivity contribution in [2.75, 3.05) is 0 Å². The van der Waals surface area contributed by atoms with Gasteiger partial charge in [0.1, 0.15) is 0 Å². The molecule has 2 aromatic rings. The first-order valence-electron chi connectivity index (χ1n) is 6.44. The standard InChI is InChI=1S/C17H19NO/c1-17(2,3)18-16(19)15-11-7-10-14(12-15)13-8-5-4-6-9-13/h4-12H,1-3H3,(H,18,19). The van der Waals surface area contributed by atoms with Gasteiger partial charge in [-0.15, -0.1) is 0 Å². The summed E-state index contributed by atoms with van der Waals surface area (Å²) >= 11 is 0. The minimum atomic E-state index is -0.222. The highest BCUT2D eigenvalue weighted by Crippen LogP contribution is 2.20. The van der Waals surface area contributed by atoms with E-state index in [1.54, 1.807) is 0 Å². The van der Waals surface area contributed by atoms with E-state index in [9.17, 15) is 4.79 Å². The summed E-state index contributed by atoms with van der Waals surface area (Å²) in [6.07, 6.45) is 0. The predicted molar refractivity (Wildman–Crippen MR) is 79.1 cm³/mol. The lowest BCUT2D eigenvalue weighted by Crippen LogP contribution is -2.40. The maximum Gasteiger partial charge on any atom is 0.251 e. The van der Waals surface area contributed by atoms with E-state index >= 15 is 0 Å². The minimum Gasteiger partial charge on any atom is -0.347 e. The summed E-state index contributed by atoms with van der Waals surface area (Å²) in [4.78, 5) is 12.1. The van der Waals surface area contributed by atoms with E-state index in [1.807, 2.05) is 75.4 Å². The summed E-state index contributed by atoms with van der Waals surface area (Å²) in [5.41, 5.74) is 2.64. The molecule has 98 valence electrons. The number of rotatable bonds is 2. The zero-order chi connectivity index (χ0) is 13.9. The molecule has 0 saturated carbocycles. The van der Waals surface area contributed by atoms with Crippen LogP contribution in [0.15, 0.2) is 54.6 Å². The van der Waals surface area contributed by atoms with E-state index in [-0.39, 0.29) is 11.4 Å². The van der Waals surface area contributed by atoms with Crippen LogP contribution in [0.25, 0.3) is 11.1 Å². The van der Waals surface area contributed by atoms with Crippen LogP contribution < -0.4 is 5.32 Å². The number of hydrogen-bond donors (Lipinski definition) is 1. The Morgan fingerprint density at radius 2 is 1.53 bits per heavy atom. The van der Waals surface area contributed by atoms with Gasteiger partial charge in [0, 0.05) is 11.1 Å².